The molecule has 2 atom stereocenters. The number of aromatic nitrogens is 2. The van der Waals surface area contributed by atoms with Crippen LogP contribution in [0.2, 0.25) is 0 Å². The van der Waals surface area contributed by atoms with Gasteiger partial charge in [0, 0.05) is 64.8 Å². The van der Waals surface area contributed by atoms with Crippen LogP contribution in [0.3, 0.4) is 0 Å². The van der Waals surface area contributed by atoms with Crippen LogP contribution in [-0.2, 0) is 16.0 Å². The first-order valence-corrected chi connectivity index (χ1v) is 10.2. The lowest BCUT2D eigenvalue weighted by Crippen LogP contribution is -2.41. The van der Waals surface area contributed by atoms with E-state index in [9.17, 15) is 4.79 Å². The molecule has 0 spiro atoms. The first-order chi connectivity index (χ1) is 13.2. The molecule has 0 bridgehead atoms. The van der Waals surface area contributed by atoms with E-state index in [1.54, 1.807) is 0 Å². The number of fused-ring (bicyclic) bond motifs is 1. The van der Waals surface area contributed by atoms with Crippen LogP contribution in [0.25, 0.3) is 0 Å². The van der Waals surface area contributed by atoms with E-state index in [-0.39, 0.29) is 18.2 Å². The second-order valence-corrected chi connectivity index (χ2v) is 7.77. The number of likely N-dealkylation sites (tertiary alicyclic amines) is 1. The van der Waals surface area contributed by atoms with Crippen LogP contribution < -0.4 is 0 Å². The van der Waals surface area contributed by atoms with Crippen molar-refractivity contribution in [1.82, 2.24) is 24.3 Å². The first kappa shape index (κ1) is 18.7. The molecule has 0 aliphatic carbocycles. The van der Waals surface area contributed by atoms with Crippen molar-refractivity contribution < 1.29 is 14.3 Å². The van der Waals surface area contributed by atoms with E-state index in [1.165, 1.54) is 0 Å². The van der Waals surface area contributed by atoms with E-state index in [1.807, 2.05) is 24.2 Å². The van der Waals surface area contributed by atoms with Crippen molar-refractivity contribution in [2.45, 2.75) is 38.5 Å². The molecule has 150 valence electrons. The average molecular weight is 377 g/mol. The number of carbonyl (C=O) groups excluding carboxylic acids is 1. The molecule has 8 nitrogen and oxygen atoms in total. The Labute approximate surface area is 161 Å². The maximum Gasteiger partial charge on any atom is 0.410 e. The van der Waals surface area contributed by atoms with Gasteiger partial charge in [-0.1, -0.05) is 0 Å². The van der Waals surface area contributed by atoms with Gasteiger partial charge in [0.05, 0.1) is 19.3 Å². The van der Waals surface area contributed by atoms with Gasteiger partial charge in [0.15, 0.2) is 0 Å². The number of morpholine rings is 1. The number of amides is 1. The Morgan fingerprint density at radius 2 is 1.85 bits per heavy atom. The van der Waals surface area contributed by atoms with E-state index < -0.39 is 0 Å². The van der Waals surface area contributed by atoms with Gasteiger partial charge in [0.1, 0.15) is 11.9 Å². The van der Waals surface area contributed by atoms with Crippen LogP contribution in [-0.4, -0.2) is 102 Å². The summed E-state index contributed by atoms with van der Waals surface area (Å²) in [4.78, 5) is 23.3. The fourth-order valence-corrected chi connectivity index (χ4v) is 4.41. The molecule has 27 heavy (non-hydrogen) atoms. The SMILES string of the molecule is Cc1nccn1CCCN1C[C@@H]2OC(=O)N(CCCN3CCOCC3)[C@@H]2C1. The maximum atomic E-state index is 12.2. The quantitative estimate of drug-likeness (QED) is 0.668. The van der Waals surface area contributed by atoms with Crippen LogP contribution in [0.1, 0.15) is 18.7 Å². The molecule has 3 fully saturated rings. The second kappa shape index (κ2) is 8.58. The number of hydrogen-bond donors (Lipinski definition) is 0. The van der Waals surface area contributed by atoms with Crippen molar-refractivity contribution in [3.63, 3.8) is 0 Å². The molecule has 3 aliphatic rings. The maximum absolute atomic E-state index is 12.2. The number of hydrogen-bond acceptors (Lipinski definition) is 6. The van der Waals surface area contributed by atoms with Gasteiger partial charge in [0.25, 0.3) is 0 Å². The number of carbonyl (C=O) groups is 1. The second-order valence-electron chi connectivity index (χ2n) is 7.77. The Hall–Kier alpha value is -1.64. The van der Waals surface area contributed by atoms with Crippen molar-refractivity contribution in [3.8, 4) is 0 Å². The van der Waals surface area contributed by atoms with Gasteiger partial charge in [-0.25, -0.2) is 9.78 Å². The van der Waals surface area contributed by atoms with Crippen LogP contribution >= 0.6 is 0 Å². The summed E-state index contributed by atoms with van der Waals surface area (Å²) in [6.07, 6.45) is 5.88. The summed E-state index contributed by atoms with van der Waals surface area (Å²) >= 11 is 0. The van der Waals surface area contributed by atoms with Gasteiger partial charge >= 0.3 is 6.09 Å². The topological polar surface area (TPSA) is 63.1 Å². The van der Waals surface area contributed by atoms with E-state index >= 15 is 0 Å². The lowest BCUT2D eigenvalue weighted by molar-refractivity contribution is 0.0362. The molecule has 0 saturated carbocycles. The molecule has 1 aromatic heterocycles. The van der Waals surface area contributed by atoms with Crippen LogP contribution in [0.5, 0.6) is 0 Å². The highest BCUT2D eigenvalue weighted by Gasteiger charge is 2.47. The molecule has 1 aromatic rings. The molecule has 0 N–H and O–H groups in total. The molecule has 3 saturated heterocycles. The van der Waals surface area contributed by atoms with Gasteiger partial charge in [-0.05, 0) is 19.8 Å². The molecule has 0 aromatic carbocycles. The summed E-state index contributed by atoms with van der Waals surface area (Å²) < 4.78 is 13.2. The highest BCUT2D eigenvalue weighted by atomic mass is 16.6. The molecule has 3 aliphatic heterocycles. The number of aryl methyl sites for hydroxylation is 2. The zero-order valence-corrected chi connectivity index (χ0v) is 16.3. The van der Waals surface area contributed by atoms with Gasteiger partial charge in [-0.15, -0.1) is 0 Å². The van der Waals surface area contributed by atoms with E-state index in [4.69, 9.17) is 9.47 Å². The molecule has 4 heterocycles. The standard InChI is InChI=1S/C19H31N5O3/c1-16-20-4-9-23(16)7-2-6-22-14-17-18(15-22)27-19(25)24(17)8-3-5-21-10-12-26-13-11-21/h4,9,17-18H,2-3,5-8,10-15H2,1H3/t17-,18+/m1/s1. The normalized spacial score (nSPS) is 26.6. The van der Waals surface area contributed by atoms with Crippen molar-refractivity contribution in [2.75, 3.05) is 59.0 Å². The predicted octanol–water partition coefficient (Wildman–Crippen LogP) is 0.809. The van der Waals surface area contributed by atoms with Gasteiger partial charge in [-0.3, -0.25) is 9.80 Å². The van der Waals surface area contributed by atoms with E-state index in [0.29, 0.717) is 0 Å². The zero-order valence-electron chi connectivity index (χ0n) is 16.3. The molecule has 0 unspecified atom stereocenters. The Morgan fingerprint density at radius 1 is 1.07 bits per heavy atom. The fourth-order valence-electron chi connectivity index (χ4n) is 4.41. The molecular formula is C19H31N5O3. The zero-order chi connectivity index (χ0) is 18.6. The lowest BCUT2D eigenvalue weighted by Gasteiger charge is -2.28. The smallest absolute Gasteiger partial charge is 0.410 e. The minimum absolute atomic E-state index is 0.0378. The fraction of sp³-hybridized carbons (Fsp3) is 0.789. The number of rotatable bonds is 8. The first-order valence-electron chi connectivity index (χ1n) is 10.2. The van der Waals surface area contributed by atoms with Crippen molar-refractivity contribution in [2.24, 2.45) is 0 Å². The molecule has 4 rings (SSSR count). The highest BCUT2D eigenvalue weighted by molar-refractivity contribution is 5.71. The van der Waals surface area contributed by atoms with Crippen molar-refractivity contribution >= 4 is 6.09 Å². The molecular weight excluding hydrogens is 346 g/mol. The van der Waals surface area contributed by atoms with Crippen LogP contribution in [0, 0.1) is 6.92 Å². The van der Waals surface area contributed by atoms with Gasteiger partial charge in [0.2, 0.25) is 0 Å². The predicted molar refractivity (Wildman–Crippen MR) is 101 cm³/mol. The van der Waals surface area contributed by atoms with Crippen LogP contribution in [0.4, 0.5) is 4.79 Å². The van der Waals surface area contributed by atoms with Gasteiger partial charge in [-0.2, -0.15) is 0 Å². The monoisotopic (exact) mass is 377 g/mol. The largest absolute Gasteiger partial charge is 0.442 e. The Bertz CT molecular complexity index is 631. The molecule has 0 radical (unpaired) electrons. The summed E-state index contributed by atoms with van der Waals surface area (Å²) in [7, 11) is 0. The molecule has 8 heteroatoms. The average Bonchev–Trinajstić information content (AvgIpc) is 3.33. The summed E-state index contributed by atoms with van der Waals surface area (Å²) in [5, 5.41) is 0. The Morgan fingerprint density at radius 3 is 2.63 bits per heavy atom. The lowest BCUT2D eigenvalue weighted by atomic mass is 10.2. The summed E-state index contributed by atoms with van der Waals surface area (Å²) in [6, 6.07) is 0.220. The number of imidazole rings is 1. The van der Waals surface area contributed by atoms with E-state index in [2.05, 4.69) is 19.4 Å². The third-order valence-electron chi connectivity index (χ3n) is 5.97. The summed E-state index contributed by atoms with van der Waals surface area (Å²) in [6.45, 7) is 11.3. The summed E-state index contributed by atoms with van der Waals surface area (Å²) in [5.74, 6) is 1.06. The minimum atomic E-state index is -0.124. The van der Waals surface area contributed by atoms with Crippen molar-refractivity contribution in [1.29, 1.82) is 0 Å². The number of ether oxygens (including phenoxy) is 2. The minimum Gasteiger partial charge on any atom is -0.442 e. The number of nitrogens with zero attached hydrogens (tertiary/aromatic N) is 5. The van der Waals surface area contributed by atoms with E-state index in [0.717, 1.165) is 84.2 Å². The third kappa shape index (κ3) is 4.44. The van der Waals surface area contributed by atoms with Gasteiger partial charge < -0.3 is 18.9 Å². The highest BCUT2D eigenvalue weighted by Crippen LogP contribution is 2.27. The summed E-state index contributed by atoms with van der Waals surface area (Å²) in [5.41, 5.74) is 0. The third-order valence-corrected chi connectivity index (χ3v) is 5.97. The Kier molecular flexibility index (Phi) is 5.95. The Balaban J connectivity index is 1.20. The van der Waals surface area contributed by atoms with Crippen molar-refractivity contribution in [3.05, 3.63) is 18.2 Å². The van der Waals surface area contributed by atoms with Crippen LogP contribution in [0.15, 0.2) is 12.4 Å². The molecule has 1 amide bonds.